The average Bonchev–Trinajstić information content (AvgIpc) is 2.47. The van der Waals surface area contributed by atoms with E-state index in [4.69, 9.17) is 33.7 Å². The van der Waals surface area contributed by atoms with Crippen molar-refractivity contribution >= 4 is 28.9 Å². The number of methoxy groups -OCH3 is 1. The molecule has 0 aliphatic carbocycles. The molecule has 6 heteroatoms. The maximum Gasteiger partial charge on any atom is 0.165 e. The number of hydrogen-bond donors (Lipinski definition) is 2. The maximum atomic E-state index is 13.4. The van der Waals surface area contributed by atoms with Crippen LogP contribution >= 0.6 is 23.2 Å². The van der Waals surface area contributed by atoms with E-state index in [-0.39, 0.29) is 18.3 Å². The highest BCUT2D eigenvalue weighted by atomic mass is 35.5. The molecule has 3 nitrogen and oxygen atoms in total. The minimum Gasteiger partial charge on any atom is -0.494 e. The van der Waals surface area contributed by atoms with Gasteiger partial charge in [-0.1, -0.05) is 29.3 Å². The fourth-order valence-electron chi connectivity index (χ4n) is 2.04. The standard InChI is InChI=1S/C15H15Cl2FN2O/c1-21-14-7-9(5-6-12(14)18)20-13(8-19)15-10(16)3-2-4-11(15)17/h2-7,13,20H,8,19H2,1H3. The van der Waals surface area contributed by atoms with Crippen molar-refractivity contribution in [3.8, 4) is 5.75 Å². The molecule has 2 aromatic rings. The highest BCUT2D eigenvalue weighted by molar-refractivity contribution is 6.36. The SMILES string of the molecule is COc1cc(NC(CN)c2c(Cl)cccc2Cl)ccc1F. The zero-order valence-electron chi connectivity index (χ0n) is 11.4. The first-order valence-corrected chi connectivity index (χ1v) is 7.06. The van der Waals surface area contributed by atoms with Crippen LogP contribution in [-0.4, -0.2) is 13.7 Å². The highest BCUT2D eigenvalue weighted by Crippen LogP contribution is 2.32. The summed E-state index contributed by atoms with van der Waals surface area (Å²) < 4.78 is 18.4. The van der Waals surface area contributed by atoms with Crippen LogP contribution in [0.2, 0.25) is 10.0 Å². The molecule has 1 atom stereocenters. The first-order valence-electron chi connectivity index (χ1n) is 6.31. The van der Waals surface area contributed by atoms with Crippen molar-refractivity contribution < 1.29 is 9.13 Å². The molecule has 0 bridgehead atoms. The molecule has 0 aliphatic rings. The molecule has 0 aliphatic heterocycles. The molecule has 0 saturated heterocycles. The fraction of sp³-hybridized carbons (Fsp3) is 0.200. The van der Waals surface area contributed by atoms with E-state index in [1.54, 1.807) is 30.3 Å². The third-order valence-electron chi connectivity index (χ3n) is 3.08. The lowest BCUT2D eigenvalue weighted by Gasteiger charge is -2.21. The topological polar surface area (TPSA) is 47.3 Å². The van der Waals surface area contributed by atoms with Gasteiger partial charge in [-0.2, -0.15) is 0 Å². The van der Waals surface area contributed by atoms with Crippen LogP contribution in [0.4, 0.5) is 10.1 Å². The summed E-state index contributed by atoms with van der Waals surface area (Å²) in [5.41, 5.74) is 7.19. The Labute approximate surface area is 132 Å². The van der Waals surface area contributed by atoms with Crippen molar-refractivity contribution in [1.82, 2.24) is 0 Å². The largest absolute Gasteiger partial charge is 0.494 e. The predicted molar refractivity (Wildman–Crippen MR) is 84.8 cm³/mol. The van der Waals surface area contributed by atoms with Gasteiger partial charge in [-0.25, -0.2) is 4.39 Å². The van der Waals surface area contributed by atoms with Crippen LogP contribution < -0.4 is 15.8 Å². The Morgan fingerprint density at radius 1 is 1.24 bits per heavy atom. The zero-order chi connectivity index (χ0) is 15.4. The summed E-state index contributed by atoms with van der Waals surface area (Å²) in [7, 11) is 1.41. The second-order valence-electron chi connectivity index (χ2n) is 4.42. The molecular formula is C15H15Cl2FN2O. The minimum atomic E-state index is -0.428. The van der Waals surface area contributed by atoms with E-state index in [0.717, 1.165) is 0 Å². The van der Waals surface area contributed by atoms with Crippen molar-refractivity contribution in [3.63, 3.8) is 0 Å². The molecule has 0 heterocycles. The molecule has 0 fully saturated rings. The van der Waals surface area contributed by atoms with Crippen molar-refractivity contribution in [2.75, 3.05) is 19.0 Å². The van der Waals surface area contributed by atoms with E-state index in [1.165, 1.54) is 13.2 Å². The number of benzene rings is 2. The lowest BCUT2D eigenvalue weighted by atomic mass is 10.1. The van der Waals surface area contributed by atoms with Crippen LogP contribution in [0.15, 0.2) is 36.4 Å². The lowest BCUT2D eigenvalue weighted by molar-refractivity contribution is 0.386. The van der Waals surface area contributed by atoms with E-state index in [9.17, 15) is 4.39 Å². The first kappa shape index (κ1) is 15.9. The van der Waals surface area contributed by atoms with Gasteiger partial charge in [-0.3, -0.25) is 0 Å². The number of hydrogen-bond acceptors (Lipinski definition) is 3. The summed E-state index contributed by atoms with van der Waals surface area (Å²) in [5, 5.41) is 4.24. The summed E-state index contributed by atoms with van der Waals surface area (Å²) >= 11 is 12.4. The summed E-state index contributed by atoms with van der Waals surface area (Å²) in [4.78, 5) is 0. The van der Waals surface area contributed by atoms with Gasteiger partial charge < -0.3 is 15.8 Å². The number of ether oxygens (including phenoxy) is 1. The third-order valence-corrected chi connectivity index (χ3v) is 3.74. The lowest BCUT2D eigenvalue weighted by Crippen LogP contribution is -2.21. The van der Waals surface area contributed by atoms with E-state index in [0.29, 0.717) is 21.3 Å². The van der Waals surface area contributed by atoms with E-state index in [1.807, 2.05) is 0 Å². The monoisotopic (exact) mass is 328 g/mol. The molecule has 0 radical (unpaired) electrons. The molecule has 0 amide bonds. The fourth-order valence-corrected chi connectivity index (χ4v) is 2.70. The van der Waals surface area contributed by atoms with Crippen LogP contribution in [0, 0.1) is 5.82 Å². The summed E-state index contributed by atoms with van der Waals surface area (Å²) in [6, 6.07) is 9.46. The first-order chi connectivity index (χ1) is 10.1. The molecule has 0 spiro atoms. The highest BCUT2D eigenvalue weighted by Gasteiger charge is 2.17. The molecule has 3 N–H and O–H groups in total. The zero-order valence-corrected chi connectivity index (χ0v) is 12.9. The van der Waals surface area contributed by atoms with Gasteiger partial charge in [0, 0.05) is 33.9 Å². The van der Waals surface area contributed by atoms with Crippen LogP contribution in [0.1, 0.15) is 11.6 Å². The predicted octanol–water partition coefficient (Wildman–Crippen LogP) is 4.25. The van der Waals surface area contributed by atoms with E-state index < -0.39 is 5.82 Å². The van der Waals surface area contributed by atoms with Crippen LogP contribution in [0.25, 0.3) is 0 Å². The van der Waals surface area contributed by atoms with Crippen molar-refractivity contribution in [2.45, 2.75) is 6.04 Å². The molecule has 0 aromatic heterocycles. The molecule has 2 rings (SSSR count). The van der Waals surface area contributed by atoms with E-state index in [2.05, 4.69) is 5.32 Å². The second-order valence-corrected chi connectivity index (χ2v) is 5.23. The summed E-state index contributed by atoms with van der Waals surface area (Å²) in [6.07, 6.45) is 0. The molecule has 1 unspecified atom stereocenters. The molecule has 2 aromatic carbocycles. The van der Waals surface area contributed by atoms with Gasteiger partial charge in [0.15, 0.2) is 11.6 Å². The Morgan fingerprint density at radius 2 is 1.90 bits per heavy atom. The third kappa shape index (κ3) is 3.59. The number of halogens is 3. The van der Waals surface area contributed by atoms with Gasteiger partial charge in [0.25, 0.3) is 0 Å². The Morgan fingerprint density at radius 3 is 2.48 bits per heavy atom. The van der Waals surface area contributed by atoms with Crippen LogP contribution in [0.5, 0.6) is 5.75 Å². The average molecular weight is 329 g/mol. The summed E-state index contributed by atoms with van der Waals surface area (Å²) in [6.45, 7) is 0.281. The van der Waals surface area contributed by atoms with Gasteiger partial charge in [0.2, 0.25) is 0 Å². The smallest absolute Gasteiger partial charge is 0.165 e. The van der Waals surface area contributed by atoms with Gasteiger partial charge in [-0.05, 0) is 24.3 Å². The Bertz CT molecular complexity index is 617. The van der Waals surface area contributed by atoms with Crippen molar-refractivity contribution in [3.05, 3.63) is 57.8 Å². The van der Waals surface area contributed by atoms with Crippen LogP contribution in [-0.2, 0) is 0 Å². The van der Waals surface area contributed by atoms with Crippen molar-refractivity contribution in [1.29, 1.82) is 0 Å². The van der Waals surface area contributed by atoms with Crippen LogP contribution in [0.3, 0.4) is 0 Å². The quantitative estimate of drug-likeness (QED) is 0.862. The number of nitrogens with one attached hydrogen (secondary N) is 1. The normalized spacial score (nSPS) is 12.0. The Balaban J connectivity index is 2.31. The second kappa shape index (κ2) is 6.98. The molecule has 0 saturated carbocycles. The van der Waals surface area contributed by atoms with Crippen molar-refractivity contribution in [2.24, 2.45) is 5.73 Å². The maximum absolute atomic E-state index is 13.4. The van der Waals surface area contributed by atoms with Gasteiger partial charge in [0.1, 0.15) is 0 Å². The van der Waals surface area contributed by atoms with Gasteiger partial charge in [0.05, 0.1) is 13.2 Å². The van der Waals surface area contributed by atoms with Gasteiger partial charge >= 0.3 is 0 Å². The Hall–Kier alpha value is -1.49. The summed E-state index contributed by atoms with van der Waals surface area (Å²) in [5.74, 6) is -0.274. The number of nitrogens with two attached hydrogens (primary N) is 1. The van der Waals surface area contributed by atoms with Gasteiger partial charge in [-0.15, -0.1) is 0 Å². The molecular weight excluding hydrogens is 314 g/mol. The number of rotatable bonds is 5. The number of anilines is 1. The molecule has 112 valence electrons. The molecule has 21 heavy (non-hydrogen) atoms. The minimum absolute atomic E-state index is 0.154. The van der Waals surface area contributed by atoms with E-state index >= 15 is 0 Å². The Kier molecular flexibility index (Phi) is 5.28.